The molecule has 3 aromatic heterocycles. The molecule has 4 aromatic rings. The van der Waals surface area contributed by atoms with Crippen LogP contribution in [0.4, 0.5) is 18.9 Å². The number of fused-ring (bicyclic) bond motifs is 1. The zero-order valence-corrected chi connectivity index (χ0v) is 23.3. The molecule has 7 rings (SSSR count). The molecule has 5 heterocycles. The number of halogens is 3. The first-order chi connectivity index (χ1) is 20.2. The Kier molecular flexibility index (Phi) is 6.72. The third kappa shape index (κ3) is 4.93. The molecule has 3 fully saturated rings. The van der Waals surface area contributed by atoms with Crippen LogP contribution in [0.25, 0.3) is 17.1 Å². The molecule has 0 amide bonds. The van der Waals surface area contributed by atoms with Crippen molar-refractivity contribution in [1.29, 1.82) is 0 Å². The summed E-state index contributed by atoms with van der Waals surface area (Å²) in [4.78, 5) is 6.91. The Hall–Kier alpha value is -3.53. The van der Waals surface area contributed by atoms with Gasteiger partial charge in [-0.15, -0.1) is 10.2 Å². The molecule has 1 aromatic carbocycles. The van der Waals surface area contributed by atoms with Crippen LogP contribution in [0.3, 0.4) is 0 Å². The zero-order chi connectivity index (χ0) is 29.1. The Bertz CT molecular complexity index is 1710. The summed E-state index contributed by atoms with van der Waals surface area (Å²) in [7, 11) is -4.04. The van der Waals surface area contributed by atoms with Gasteiger partial charge < -0.3 is 13.6 Å². The first-order valence-electron chi connectivity index (χ1n) is 13.6. The van der Waals surface area contributed by atoms with E-state index in [-0.39, 0.29) is 18.1 Å². The van der Waals surface area contributed by atoms with Gasteiger partial charge in [-0.05, 0) is 43.2 Å². The molecule has 3 aliphatic rings. The molecule has 1 aliphatic carbocycles. The molecule has 0 bridgehead atoms. The average Bonchev–Trinajstić information content (AvgIpc) is 3.57. The number of rotatable bonds is 8. The van der Waals surface area contributed by atoms with Gasteiger partial charge in [0.1, 0.15) is 11.5 Å². The molecule has 1 saturated carbocycles. The standard InChI is InChI=1S/C27H28F3N7O4S/c28-19-2-1-3-21(11-19)37(42(38,39)36-8-6-34(7-9-36)22-12-27(13-22)16-40-17-27)15-20-14-35-5-4-18(10-23(35)31-20)25-32-33-26(41-25)24(29)30/h1-5,10-11,14,22,24H,6-9,12-13,15-17H2. The van der Waals surface area contributed by atoms with Crippen molar-refractivity contribution >= 4 is 21.5 Å². The number of piperazine rings is 1. The Morgan fingerprint density at radius 3 is 2.52 bits per heavy atom. The normalized spacial score (nSPS) is 19.8. The van der Waals surface area contributed by atoms with E-state index in [0.717, 1.165) is 26.1 Å². The predicted octanol–water partition coefficient (Wildman–Crippen LogP) is 3.51. The van der Waals surface area contributed by atoms with Crippen molar-refractivity contribution in [1.82, 2.24) is 28.8 Å². The zero-order valence-electron chi connectivity index (χ0n) is 22.4. The first-order valence-corrected chi connectivity index (χ1v) is 15.0. The summed E-state index contributed by atoms with van der Waals surface area (Å²) in [5, 5.41) is 7.02. The summed E-state index contributed by atoms with van der Waals surface area (Å²) >= 11 is 0. The van der Waals surface area contributed by atoms with E-state index in [0.29, 0.717) is 54.5 Å². The number of aromatic nitrogens is 4. The van der Waals surface area contributed by atoms with Crippen molar-refractivity contribution in [2.24, 2.45) is 5.41 Å². The third-order valence-corrected chi connectivity index (χ3v) is 10.2. The van der Waals surface area contributed by atoms with Crippen LogP contribution >= 0.6 is 0 Å². The van der Waals surface area contributed by atoms with Gasteiger partial charge in [-0.3, -0.25) is 9.21 Å². The molecular formula is C27H28F3N7O4S. The summed E-state index contributed by atoms with van der Waals surface area (Å²) in [6.07, 6.45) is 2.58. The van der Waals surface area contributed by atoms with Gasteiger partial charge >= 0.3 is 16.6 Å². The molecule has 222 valence electrons. The molecule has 42 heavy (non-hydrogen) atoms. The number of pyridine rings is 1. The van der Waals surface area contributed by atoms with E-state index in [1.165, 1.54) is 26.8 Å². The second kappa shape index (κ2) is 10.3. The van der Waals surface area contributed by atoms with Crippen LogP contribution in [-0.4, -0.2) is 82.6 Å². The largest absolute Gasteiger partial charge is 0.415 e. The highest BCUT2D eigenvalue weighted by atomic mass is 32.2. The van der Waals surface area contributed by atoms with Gasteiger partial charge in [0.05, 0.1) is 31.1 Å². The fraction of sp³-hybridized carbons (Fsp3) is 0.444. The van der Waals surface area contributed by atoms with E-state index >= 15 is 0 Å². The molecule has 2 saturated heterocycles. The molecule has 0 unspecified atom stereocenters. The van der Waals surface area contributed by atoms with Crippen molar-refractivity contribution in [3.63, 3.8) is 0 Å². The van der Waals surface area contributed by atoms with Crippen LogP contribution in [0, 0.1) is 11.2 Å². The molecule has 1 spiro atoms. The van der Waals surface area contributed by atoms with Crippen molar-refractivity contribution in [3.05, 3.63) is 66.2 Å². The van der Waals surface area contributed by atoms with E-state index in [4.69, 9.17) is 9.15 Å². The highest BCUT2D eigenvalue weighted by Gasteiger charge is 2.52. The molecule has 2 aliphatic heterocycles. The monoisotopic (exact) mass is 603 g/mol. The van der Waals surface area contributed by atoms with Gasteiger partial charge in [-0.2, -0.15) is 21.5 Å². The second-order valence-corrected chi connectivity index (χ2v) is 13.0. The van der Waals surface area contributed by atoms with Crippen LogP contribution in [0.15, 0.2) is 53.2 Å². The van der Waals surface area contributed by atoms with E-state index in [9.17, 15) is 21.6 Å². The van der Waals surface area contributed by atoms with Crippen LogP contribution in [-0.2, 0) is 21.5 Å². The Labute approximate surface area is 239 Å². The molecule has 0 N–H and O–H groups in total. The predicted molar refractivity (Wildman–Crippen MR) is 144 cm³/mol. The molecule has 11 nitrogen and oxygen atoms in total. The number of imidazole rings is 1. The summed E-state index contributed by atoms with van der Waals surface area (Å²) in [6.45, 7) is 3.39. The van der Waals surface area contributed by atoms with E-state index in [1.54, 1.807) is 35.0 Å². The molecule has 0 atom stereocenters. The van der Waals surface area contributed by atoms with Crippen molar-refractivity contribution in [3.8, 4) is 11.5 Å². The third-order valence-electron chi connectivity index (χ3n) is 8.33. The topological polar surface area (TPSA) is 109 Å². The number of nitrogens with zero attached hydrogens (tertiary/aromatic N) is 7. The van der Waals surface area contributed by atoms with E-state index < -0.39 is 28.3 Å². The van der Waals surface area contributed by atoms with Crippen LogP contribution in [0.5, 0.6) is 0 Å². The minimum Gasteiger partial charge on any atom is -0.415 e. The maximum atomic E-state index is 14.3. The van der Waals surface area contributed by atoms with Gasteiger partial charge in [0, 0.05) is 55.6 Å². The summed E-state index contributed by atoms with van der Waals surface area (Å²) in [6, 6.07) is 9.10. The lowest BCUT2D eigenvalue weighted by atomic mass is 9.63. The van der Waals surface area contributed by atoms with Crippen molar-refractivity contribution in [2.45, 2.75) is 31.9 Å². The summed E-state index contributed by atoms with van der Waals surface area (Å²) < 4.78 is 82.7. The average molecular weight is 604 g/mol. The Balaban J connectivity index is 1.12. The van der Waals surface area contributed by atoms with E-state index in [1.807, 2.05) is 0 Å². The lowest BCUT2D eigenvalue weighted by Gasteiger charge is -2.57. The number of hydrogen-bond acceptors (Lipinski definition) is 8. The molecule has 15 heteroatoms. The Morgan fingerprint density at radius 1 is 1.07 bits per heavy atom. The van der Waals surface area contributed by atoms with Crippen molar-refractivity contribution < 1.29 is 30.7 Å². The lowest BCUT2D eigenvalue weighted by molar-refractivity contribution is -0.186. The molecule has 0 radical (unpaired) electrons. The maximum Gasteiger partial charge on any atom is 0.314 e. The second-order valence-electron chi connectivity index (χ2n) is 11.1. The highest BCUT2D eigenvalue weighted by molar-refractivity contribution is 7.90. The Morgan fingerprint density at radius 2 is 1.86 bits per heavy atom. The van der Waals surface area contributed by atoms with Crippen LogP contribution in [0.2, 0.25) is 0 Å². The molecular weight excluding hydrogens is 575 g/mol. The number of anilines is 1. The minimum absolute atomic E-state index is 0.0847. The smallest absolute Gasteiger partial charge is 0.314 e. The van der Waals surface area contributed by atoms with Gasteiger partial charge in [-0.25, -0.2) is 9.37 Å². The van der Waals surface area contributed by atoms with Crippen molar-refractivity contribution in [2.75, 3.05) is 43.7 Å². The van der Waals surface area contributed by atoms with Gasteiger partial charge in [0.15, 0.2) is 0 Å². The summed E-state index contributed by atoms with van der Waals surface area (Å²) in [5.74, 6) is -1.42. The van der Waals surface area contributed by atoms with Gasteiger partial charge in [0.25, 0.3) is 5.89 Å². The van der Waals surface area contributed by atoms with Gasteiger partial charge in [-0.1, -0.05) is 6.07 Å². The number of hydrogen-bond donors (Lipinski definition) is 0. The van der Waals surface area contributed by atoms with Crippen LogP contribution in [0.1, 0.15) is 30.9 Å². The lowest BCUT2D eigenvalue weighted by Crippen LogP contribution is -2.63. The fourth-order valence-corrected chi connectivity index (χ4v) is 7.61. The van der Waals surface area contributed by atoms with Gasteiger partial charge in [0.2, 0.25) is 5.89 Å². The fourth-order valence-electron chi connectivity index (χ4n) is 6.03. The minimum atomic E-state index is -4.04. The summed E-state index contributed by atoms with van der Waals surface area (Å²) in [5.41, 5.74) is 1.72. The number of ether oxygens (including phenoxy) is 1. The number of alkyl halides is 2. The quantitative estimate of drug-likeness (QED) is 0.301. The SMILES string of the molecule is O=S(=O)(N1CCN(C2CC3(COC3)C2)CC1)N(Cc1cn2ccc(-c3nnc(C(F)F)o3)cc2n1)c1cccc(F)c1. The number of benzene rings is 1. The van der Waals surface area contributed by atoms with Crippen LogP contribution < -0.4 is 4.31 Å². The maximum absolute atomic E-state index is 14.3. The highest BCUT2D eigenvalue weighted by Crippen LogP contribution is 2.49. The van der Waals surface area contributed by atoms with E-state index in [2.05, 4.69) is 20.1 Å². The first kappa shape index (κ1) is 27.3.